The molecule has 6 nitrogen and oxygen atoms in total. The SMILES string of the molecule is O=C(O)CSCCNC(=O)c1ccc(-c2ccc3c(c2)OCCO3)s1. The zero-order valence-electron chi connectivity index (χ0n) is 13.3. The average Bonchev–Trinajstić information content (AvgIpc) is 3.11. The largest absolute Gasteiger partial charge is 0.486 e. The van der Waals surface area contributed by atoms with Gasteiger partial charge in [-0.1, -0.05) is 0 Å². The Bertz CT molecular complexity index is 774. The molecular weight excluding hydrogens is 362 g/mol. The van der Waals surface area contributed by atoms with Gasteiger partial charge in [0, 0.05) is 17.2 Å². The van der Waals surface area contributed by atoms with Crippen molar-refractivity contribution in [1.29, 1.82) is 0 Å². The van der Waals surface area contributed by atoms with Gasteiger partial charge in [-0.25, -0.2) is 0 Å². The van der Waals surface area contributed by atoms with E-state index in [1.165, 1.54) is 23.1 Å². The molecule has 132 valence electrons. The quantitative estimate of drug-likeness (QED) is 0.720. The topological polar surface area (TPSA) is 84.9 Å². The standard InChI is InChI=1S/C17H17NO5S2/c19-16(20)10-24-8-5-18-17(21)15-4-3-14(25-15)11-1-2-12-13(9-11)23-7-6-22-12/h1-4,9H,5-8,10H2,(H,18,21)(H,19,20). The molecule has 0 fully saturated rings. The van der Waals surface area contributed by atoms with Crippen LogP contribution >= 0.6 is 23.1 Å². The Labute approximate surface area is 153 Å². The molecule has 0 saturated heterocycles. The lowest BCUT2D eigenvalue weighted by atomic mass is 10.1. The first kappa shape index (κ1) is 17.6. The van der Waals surface area contributed by atoms with Gasteiger partial charge < -0.3 is 19.9 Å². The summed E-state index contributed by atoms with van der Waals surface area (Å²) in [5.74, 6) is 1.08. The molecule has 25 heavy (non-hydrogen) atoms. The third kappa shape index (κ3) is 4.67. The van der Waals surface area contributed by atoms with Gasteiger partial charge in [-0.2, -0.15) is 0 Å². The third-order valence-electron chi connectivity index (χ3n) is 3.41. The molecule has 1 aromatic heterocycles. The highest BCUT2D eigenvalue weighted by atomic mass is 32.2. The molecular formula is C17H17NO5S2. The molecule has 3 rings (SSSR count). The van der Waals surface area contributed by atoms with Gasteiger partial charge in [-0.05, 0) is 35.9 Å². The molecule has 2 N–H and O–H groups in total. The molecule has 2 aromatic rings. The van der Waals surface area contributed by atoms with E-state index in [0.717, 1.165) is 21.9 Å². The number of benzene rings is 1. The van der Waals surface area contributed by atoms with Gasteiger partial charge in [0.1, 0.15) is 13.2 Å². The second-order valence-corrected chi connectivity index (χ2v) is 7.41. The molecule has 0 aliphatic carbocycles. The molecule has 0 atom stereocenters. The number of carbonyl (C=O) groups is 2. The molecule has 0 radical (unpaired) electrons. The maximum Gasteiger partial charge on any atom is 0.313 e. The first-order valence-corrected chi connectivity index (χ1v) is 9.68. The minimum absolute atomic E-state index is 0.0448. The summed E-state index contributed by atoms with van der Waals surface area (Å²) in [6.07, 6.45) is 0. The summed E-state index contributed by atoms with van der Waals surface area (Å²) in [5, 5.41) is 11.4. The summed E-state index contributed by atoms with van der Waals surface area (Å²) in [6.45, 7) is 1.53. The van der Waals surface area contributed by atoms with Gasteiger partial charge in [0.15, 0.2) is 11.5 Å². The normalized spacial score (nSPS) is 12.6. The molecule has 0 unspecified atom stereocenters. The maximum absolute atomic E-state index is 12.1. The summed E-state index contributed by atoms with van der Waals surface area (Å²) in [5.41, 5.74) is 0.977. The lowest BCUT2D eigenvalue weighted by molar-refractivity contribution is -0.133. The van der Waals surface area contributed by atoms with Gasteiger partial charge in [0.25, 0.3) is 5.91 Å². The smallest absolute Gasteiger partial charge is 0.313 e. The Morgan fingerprint density at radius 3 is 2.76 bits per heavy atom. The van der Waals surface area contributed by atoms with Crippen LogP contribution in [0.3, 0.4) is 0 Å². The van der Waals surface area contributed by atoms with E-state index in [0.29, 0.717) is 30.4 Å². The molecule has 2 heterocycles. The van der Waals surface area contributed by atoms with Crippen molar-refractivity contribution in [2.24, 2.45) is 0 Å². The Morgan fingerprint density at radius 2 is 1.96 bits per heavy atom. The molecule has 1 aromatic carbocycles. The van der Waals surface area contributed by atoms with E-state index in [4.69, 9.17) is 14.6 Å². The lowest BCUT2D eigenvalue weighted by Gasteiger charge is -2.18. The summed E-state index contributed by atoms with van der Waals surface area (Å²) in [6, 6.07) is 9.44. The van der Waals surface area contributed by atoms with Gasteiger partial charge in [-0.15, -0.1) is 23.1 Å². The van der Waals surface area contributed by atoms with Crippen molar-refractivity contribution < 1.29 is 24.2 Å². The van der Waals surface area contributed by atoms with E-state index in [1.54, 1.807) is 6.07 Å². The van der Waals surface area contributed by atoms with E-state index >= 15 is 0 Å². The number of ether oxygens (including phenoxy) is 2. The molecule has 0 bridgehead atoms. The number of rotatable bonds is 7. The Morgan fingerprint density at radius 1 is 1.16 bits per heavy atom. The predicted octanol–water partition coefficient (Wildman–Crippen LogP) is 2.73. The van der Waals surface area contributed by atoms with Crippen LogP contribution in [0, 0.1) is 0 Å². The lowest BCUT2D eigenvalue weighted by Crippen LogP contribution is -2.25. The summed E-state index contributed by atoms with van der Waals surface area (Å²) < 4.78 is 11.1. The highest BCUT2D eigenvalue weighted by Gasteiger charge is 2.15. The van der Waals surface area contributed by atoms with Gasteiger partial charge >= 0.3 is 5.97 Å². The molecule has 0 spiro atoms. The van der Waals surface area contributed by atoms with E-state index in [2.05, 4.69) is 5.32 Å². The molecule has 8 heteroatoms. The Kier molecular flexibility index (Phi) is 5.83. The van der Waals surface area contributed by atoms with Gasteiger partial charge in [0.2, 0.25) is 0 Å². The summed E-state index contributed by atoms with van der Waals surface area (Å²) in [4.78, 5) is 24.2. The fourth-order valence-electron chi connectivity index (χ4n) is 2.30. The van der Waals surface area contributed by atoms with E-state index in [-0.39, 0.29) is 11.7 Å². The summed E-state index contributed by atoms with van der Waals surface area (Å²) in [7, 11) is 0. The molecule has 1 aliphatic rings. The van der Waals surface area contributed by atoms with Crippen molar-refractivity contribution in [1.82, 2.24) is 5.32 Å². The maximum atomic E-state index is 12.1. The van der Waals surface area contributed by atoms with Crippen LogP contribution in [0.4, 0.5) is 0 Å². The zero-order valence-corrected chi connectivity index (χ0v) is 15.0. The predicted molar refractivity (Wildman–Crippen MR) is 98.0 cm³/mol. The van der Waals surface area contributed by atoms with E-state index < -0.39 is 5.97 Å². The van der Waals surface area contributed by atoms with Crippen molar-refractivity contribution in [2.75, 3.05) is 31.3 Å². The molecule has 1 amide bonds. The number of nitrogens with one attached hydrogen (secondary N) is 1. The van der Waals surface area contributed by atoms with Crippen LogP contribution in [0.25, 0.3) is 10.4 Å². The number of thiophene rings is 1. The number of fused-ring (bicyclic) bond motifs is 1. The van der Waals surface area contributed by atoms with E-state index in [9.17, 15) is 9.59 Å². The van der Waals surface area contributed by atoms with Crippen molar-refractivity contribution in [2.45, 2.75) is 0 Å². The highest BCUT2D eigenvalue weighted by molar-refractivity contribution is 7.99. The molecule has 0 saturated carbocycles. The van der Waals surface area contributed by atoms with E-state index in [1.807, 2.05) is 24.3 Å². The van der Waals surface area contributed by atoms with Crippen LogP contribution in [0.15, 0.2) is 30.3 Å². The van der Waals surface area contributed by atoms with Gasteiger partial charge in [0.05, 0.1) is 10.6 Å². The minimum Gasteiger partial charge on any atom is -0.486 e. The fourth-order valence-corrected chi connectivity index (χ4v) is 3.78. The van der Waals surface area contributed by atoms with Crippen LogP contribution in [-0.2, 0) is 4.79 Å². The number of carboxylic acid groups (broad SMARTS) is 1. The minimum atomic E-state index is -0.848. The molecule has 1 aliphatic heterocycles. The fraction of sp³-hybridized carbons (Fsp3) is 0.294. The van der Waals surface area contributed by atoms with Crippen LogP contribution < -0.4 is 14.8 Å². The van der Waals surface area contributed by atoms with Crippen LogP contribution in [-0.4, -0.2) is 48.2 Å². The van der Waals surface area contributed by atoms with Crippen molar-refractivity contribution in [3.8, 4) is 21.9 Å². The van der Waals surface area contributed by atoms with Crippen molar-refractivity contribution in [3.63, 3.8) is 0 Å². The first-order valence-electron chi connectivity index (χ1n) is 7.71. The highest BCUT2D eigenvalue weighted by Crippen LogP contribution is 2.36. The van der Waals surface area contributed by atoms with Crippen LogP contribution in [0.2, 0.25) is 0 Å². The van der Waals surface area contributed by atoms with Crippen LogP contribution in [0.1, 0.15) is 9.67 Å². The number of carbonyl (C=O) groups excluding carboxylic acids is 1. The average molecular weight is 379 g/mol. The van der Waals surface area contributed by atoms with Crippen molar-refractivity contribution in [3.05, 3.63) is 35.2 Å². The zero-order chi connectivity index (χ0) is 17.6. The monoisotopic (exact) mass is 379 g/mol. The number of amides is 1. The third-order valence-corrected chi connectivity index (χ3v) is 5.49. The van der Waals surface area contributed by atoms with Gasteiger partial charge in [-0.3, -0.25) is 9.59 Å². The first-order chi connectivity index (χ1) is 12.1. The van der Waals surface area contributed by atoms with Crippen LogP contribution in [0.5, 0.6) is 11.5 Å². The Hall–Kier alpha value is -2.19. The number of hydrogen-bond acceptors (Lipinski definition) is 6. The second kappa shape index (κ2) is 8.26. The summed E-state index contributed by atoms with van der Waals surface area (Å²) >= 11 is 2.68. The number of hydrogen-bond donors (Lipinski definition) is 2. The second-order valence-electron chi connectivity index (χ2n) is 5.22. The van der Waals surface area contributed by atoms with Crippen molar-refractivity contribution >= 4 is 35.0 Å². The number of carboxylic acids is 1. The number of aliphatic carboxylic acids is 1. The Balaban J connectivity index is 1.58. The number of thioether (sulfide) groups is 1.